The Bertz CT molecular complexity index is 637. The van der Waals surface area contributed by atoms with E-state index >= 15 is 0 Å². The van der Waals surface area contributed by atoms with Crippen LogP contribution in [0.2, 0.25) is 0 Å². The molecular weight excluding hydrogens is 325 g/mol. The van der Waals surface area contributed by atoms with E-state index < -0.39 is 0 Å². The molecule has 2 nitrogen and oxygen atoms in total. The molecule has 3 rings (SSSR count). The fraction of sp³-hybridized carbons (Fsp3) is 0.278. The summed E-state index contributed by atoms with van der Waals surface area (Å²) in [5, 5.41) is 0. The molecule has 21 heavy (non-hydrogen) atoms. The zero-order valence-electron chi connectivity index (χ0n) is 12.3. The van der Waals surface area contributed by atoms with Crippen molar-refractivity contribution in [3.05, 3.63) is 60.2 Å². The Morgan fingerprint density at radius 2 is 1.76 bits per heavy atom. The number of ether oxygens (including phenoxy) is 1. The van der Waals surface area contributed by atoms with Gasteiger partial charge in [0.2, 0.25) is 0 Å². The van der Waals surface area contributed by atoms with Crippen LogP contribution in [0.25, 0.3) is 0 Å². The van der Waals surface area contributed by atoms with E-state index in [9.17, 15) is 0 Å². The molecule has 1 aliphatic rings. The molecule has 3 heteroatoms. The van der Waals surface area contributed by atoms with E-state index in [4.69, 9.17) is 9.73 Å². The molecule has 0 amide bonds. The van der Waals surface area contributed by atoms with Crippen LogP contribution in [0.1, 0.15) is 19.4 Å². The molecule has 108 valence electrons. The van der Waals surface area contributed by atoms with Gasteiger partial charge in [0.15, 0.2) is 0 Å². The number of benzene rings is 2. The minimum absolute atomic E-state index is 0.277. The molecule has 0 fully saturated rings. The van der Waals surface area contributed by atoms with Crippen molar-refractivity contribution < 1.29 is 4.74 Å². The van der Waals surface area contributed by atoms with Crippen molar-refractivity contribution in [2.24, 2.45) is 10.9 Å². The molecule has 2 aromatic rings. The van der Waals surface area contributed by atoms with Gasteiger partial charge in [-0.05, 0) is 0 Å². The molecule has 1 heterocycles. The second kappa shape index (κ2) is 6.46. The molecule has 0 bridgehead atoms. The van der Waals surface area contributed by atoms with Gasteiger partial charge in [-0.1, -0.05) is 0 Å². The average molecular weight is 344 g/mol. The second-order valence-corrected chi connectivity index (χ2v) is 7.81. The fourth-order valence-corrected chi connectivity index (χ4v) is 4.24. The predicted molar refractivity (Wildman–Crippen MR) is 89.0 cm³/mol. The summed E-state index contributed by atoms with van der Waals surface area (Å²) in [6.45, 7) is 5.10. The monoisotopic (exact) mass is 345 g/mol. The molecule has 0 unspecified atom stereocenters. The summed E-state index contributed by atoms with van der Waals surface area (Å²) in [7, 11) is 0. The first-order valence-electron chi connectivity index (χ1n) is 7.27. The van der Waals surface area contributed by atoms with E-state index in [1.54, 1.807) is 0 Å². The van der Waals surface area contributed by atoms with Gasteiger partial charge in [0.25, 0.3) is 0 Å². The summed E-state index contributed by atoms with van der Waals surface area (Å²) in [4.78, 5) is 4.76. The normalized spacial score (nSPS) is 17.7. The van der Waals surface area contributed by atoms with Gasteiger partial charge in [-0.15, -0.1) is 0 Å². The first kappa shape index (κ1) is 14.4. The molecule has 0 spiro atoms. The van der Waals surface area contributed by atoms with E-state index in [-0.39, 0.29) is 21.0 Å². The summed E-state index contributed by atoms with van der Waals surface area (Å²) in [6, 6.07) is 19.4. The summed E-state index contributed by atoms with van der Waals surface area (Å²) in [6.07, 6.45) is 0. The van der Waals surface area contributed by atoms with Crippen LogP contribution in [-0.4, -0.2) is 33.5 Å². The average Bonchev–Trinajstić information content (AvgIpc) is 2.99. The van der Waals surface area contributed by atoms with E-state index in [0.29, 0.717) is 12.5 Å². The summed E-state index contributed by atoms with van der Waals surface area (Å²) in [5.74, 6) is 1.34. The van der Waals surface area contributed by atoms with Crippen molar-refractivity contribution in [3.63, 3.8) is 0 Å². The van der Waals surface area contributed by atoms with Gasteiger partial charge in [-0.2, -0.15) is 0 Å². The Morgan fingerprint density at radius 1 is 1.05 bits per heavy atom. The number of rotatable bonds is 4. The van der Waals surface area contributed by atoms with Crippen molar-refractivity contribution in [2.45, 2.75) is 19.9 Å². The van der Waals surface area contributed by atoms with Crippen LogP contribution in [0.15, 0.2) is 59.6 Å². The van der Waals surface area contributed by atoms with E-state index in [1.165, 1.54) is 8.92 Å². The maximum absolute atomic E-state index is 5.85. The van der Waals surface area contributed by atoms with Crippen molar-refractivity contribution >= 4 is 29.8 Å². The molecule has 0 saturated carbocycles. The van der Waals surface area contributed by atoms with Gasteiger partial charge in [-0.3, -0.25) is 0 Å². The number of hydrogen-bond donors (Lipinski definition) is 0. The van der Waals surface area contributed by atoms with Crippen LogP contribution in [0.3, 0.4) is 0 Å². The third-order valence-electron chi connectivity index (χ3n) is 3.53. The summed E-state index contributed by atoms with van der Waals surface area (Å²) in [5.41, 5.74) is 1.16. The molecule has 1 aliphatic heterocycles. The third-order valence-corrected chi connectivity index (χ3v) is 5.81. The Labute approximate surface area is 132 Å². The summed E-state index contributed by atoms with van der Waals surface area (Å²) >= 11 is 0.277. The zero-order valence-corrected chi connectivity index (χ0v) is 14.0. The molecular formula is C18H19NOSe. The Morgan fingerprint density at radius 3 is 2.48 bits per heavy atom. The van der Waals surface area contributed by atoms with Gasteiger partial charge in [0.05, 0.1) is 0 Å². The van der Waals surface area contributed by atoms with Crippen molar-refractivity contribution in [1.29, 1.82) is 0 Å². The molecule has 0 saturated heterocycles. The van der Waals surface area contributed by atoms with Crippen LogP contribution >= 0.6 is 0 Å². The standard InChI is InChI=1S/C18H19NOSe/c1-13(2)16-12-20-18(19-16)15-10-6-7-11-17(15)21-14-8-4-3-5-9-14/h3-11,13,16H,12H2,1-2H3/t16-/m1/s1. The van der Waals surface area contributed by atoms with Crippen LogP contribution in [0.4, 0.5) is 0 Å². The van der Waals surface area contributed by atoms with Gasteiger partial charge in [0.1, 0.15) is 0 Å². The number of nitrogens with zero attached hydrogens (tertiary/aromatic N) is 1. The van der Waals surface area contributed by atoms with Gasteiger partial charge in [0, 0.05) is 0 Å². The topological polar surface area (TPSA) is 21.6 Å². The quantitative estimate of drug-likeness (QED) is 0.779. The summed E-state index contributed by atoms with van der Waals surface area (Å²) < 4.78 is 8.56. The van der Waals surface area contributed by atoms with Crippen LogP contribution < -0.4 is 8.92 Å². The third kappa shape index (κ3) is 3.37. The first-order chi connectivity index (χ1) is 10.2. The van der Waals surface area contributed by atoms with E-state index in [2.05, 4.69) is 68.4 Å². The van der Waals surface area contributed by atoms with Crippen molar-refractivity contribution in [2.75, 3.05) is 6.61 Å². The molecule has 0 N–H and O–H groups in total. The second-order valence-electron chi connectivity index (χ2n) is 5.47. The van der Waals surface area contributed by atoms with Crippen molar-refractivity contribution in [1.82, 2.24) is 0 Å². The maximum atomic E-state index is 5.85. The fourth-order valence-electron chi connectivity index (χ4n) is 2.23. The van der Waals surface area contributed by atoms with Crippen LogP contribution in [-0.2, 0) is 4.74 Å². The SMILES string of the molecule is CC(C)[C@H]1COC(c2ccccc2[Se]c2ccccc2)=N1. The van der Waals surface area contributed by atoms with E-state index in [0.717, 1.165) is 11.5 Å². The minimum atomic E-state index is 0.277. The Balaban J connectivity index is 1.88. The van der Waals surface area contributed by atoms with Gasteiger partial charge in [-0.25, -0.2) is 0 Å². The number of aliphatic imine (C=N–C) groups is 1. The number of hydrogen-bond acceptors (Lipinski definition) is 2. The van der Waals surface area contributed by atoms with Crippen LogP contribution in [0, 0.1) is 5.92 Å². The Hall–Kier alpha value is -1.57. The molecule has 1 atom stereocenters. The Kier molecular flexibility index (Phi) is 4.42. The molecule has 0 aromatic heterocycles. The van der Waals surface area contributed by atoms with Gasteiger partial charge < -0.3 is 0 Å². The van der Waals surface area contributed by atoms with Crippen LogP contribution in [0.5, 0.6) is 0 Å². The predicted octanol–water partition coefficient (Wildman–Crippen LogP) is 2.14. The molecule has 2 aromatic carbocycles. The van der Waals surface area contributed by atoms with Gasteiger partial charge >= 0.3 is 132 Å². The molecule has 0 aliphatic carbocycles. The van der Waals surface area contributed by atoms with E-state index in [1.807, 2.05) is 0 Å². The van der Waals surface area contributed by atoms with Crippen molar-refractivity contribution in [3.8, 4) is 0 Å². The molecule has 0 radical (unpaired) electrons. The first-order valence-corrected chi connectivity index (χ1v) is 8.98. The zero-order chi connectivity index (χ0) is 14.7.